The van der Waals surface area contributed by atoms with Gasteiger partial charge in [0.25, 0.3) is 0 Å². The van der Waals surface area contributed by atoms with Gasteiger partial charge < -0.3 is 19.9 Å². The zero-order valence-electron chi connectivity index (χ0n) is 15.1. The van der Waals surface area contributed by atoms with Crippen molar-refractivity contribution in [1.82, 2.24) is 0 Å². The maximum atomic E-state index is 12.5. The molecular formula is C19H23ClF3NO3. The average molecular weight is 406 g/mol. The third kappa shape index (κ3) is 6.84. The topological polar surface area (TPSA) is 53.7 Å². The van der Waals surface area contributed by atoms with E-state index in [1.165, 1.54) is 14.2 Å². The summed E-state index contributed by atoms with van der Waals surface area (Å²) in [5, 5.41) is 0. The summed E-state index contributed by atoms with van der Waals surface area (Å²) in [7, 11) is 2.93. The molecule has 27 heavy (non-hydrogen) atoms. The SMILES string of the molecule is COc1cc(OCc2ccccc2)c([C@@H](N)CCC(F)(F)F)cc1OC.Cl. The molecule has 0 unspecified atom stereocenters. The van der Waals surface area contributed by atoms with Crippen molar-refractivity contribution in [3.63, 3.8) is 0 Å². The van der Waals surface area contributed by atoms with Crippen LogP contribution in [0.25, 0.3) is 0 Å². The van der Waals surface area contributed by atoms with Crippen LogP contribution in [0.5, 0.6) is 17.2 Å². The third-order valence-electron chi connectivity index (χ3n) is 3.89. The van der Waals surface area contributed by atoms with Crippen LogP contribution in [-0.2, 0) is 6.61 Å². The first-order valence-electron chi connectivity index (χ1n) is 8.09. The van der Waals surface area contributed by atoms with Gasteiger partial charge in [-0.25, -0.2) is 0 Å². The van der Waals surface area contributed by atoms with Crippen LogP contribution in [0.1, 0.15) is 30.0 Å². The maximum absolute atomic E-state index is 12.5. The van der Waals surface area contributed by atoms with E-state index in [2.05, 4.69) is 0 Å². The van der Waals surface area contributed by atoms with E-state index < -0.39 is 18.6 Å². The second kappa shape index (κ2) is 10.3. The van der Waals surface area contributed by atoms with Crippen molar-refractivity contribution in [2.75, 3.05) is 14.2 Å². The quantitative estimate of drug-likeness (QED) is 0.668. The number of ether oxygens (including phenoxy) is 3. The highest BCUT2D eigenvalue weighted by Crippen LogP contribution is 2.39. The predicted molar refractivity (Wildman–Crippen MR) is 99.8 cm³/mol. The molecule has 8 heteroatoms. The van der Waals surface area contributed by atoms with E-state index >= 15 is 0 Å². The molecule has 0 aromatic heterocycles. The lowest BCUT2D eigenvalue weighted by Gasteiger charge is -2.20. The van der Waals surface area contributed by atoms with E-state index in [1.54, 1.807) is 12.1 Å². The molecule has 0 amide bonds. The standard InChI is InChI=1S/C19H22F3NO3.ClH/c1-24-17-10-14(15(23)8-9-19(20,21)22)16(11-18(17)25-2)26-12-13-6-4-3-5-7-13;/h3-7,10-11,15H,8-9,12,23H2,1-2H3;1H/t15-;/m0./s1. The molecule has 2 rings (SSSR count). The van der Waals surface area contributed by atoms with Gasteiger partial charge in [0.1, 0.15) is 12.4 Å². The summed E-state index contributed by atoms with van der Waals surface area (Å²) in [6, 6.07) is 11.7. The molecule has 1 atom stereocenters. The fourth-order valence-corrected chi connectivity index (χ4v) is 2.50. The zero-order valence-corrected chi connectivity index (χ0v) is 15.9. The molecule has 150 valence electrons. The molecule has 4 nitrogen and oxygen atoms in total. The Morgan fingerprint density at radius 1 is 0.963 bits per heavy atom. The van der Waals surface area contributed by atoms with Gasteiger partial charge in [0.15, 0.2) is 11.5 Å². The van der Waals surface area contributed by atoms with E-state index in [0.29, 0.717) is 22.8 Å². The summed E-state index contributed by atoms with van der Waals surface area (Å²) in [5.41, 5.74) is 7.39. The van der Waals surface area contributed by atoms with Crippen molar-refractivity contribution in [2.24, 2.45) is 5.73 Å². The molecule has 0 fully saturated rings. The van der Waals surface area contributed by atoms with Crippen LogP contribution in [0.15, 0.2) is 42.5 Å². The van der Waals surface area contributed by atoms with Crippen LogP contribution >= 0.6 is 12.4 Å². The Labute approximate surface area is 162 Å². The maximum Gasteiger partial charge on any atom is 0.389 e. The summed E-state index contributed by atoms with van der Waals surface area (Å²) >= 11 is 0. The van der Waals surface area contributed by atoms with Crippen LogP contribution in [0.3, 0.4) is 0 Å². The number of rotatable bonds is 8. The minimum Gasteiger partial charge on any atom is -0.493 e. The van der Waals surface area contributed by atoms with Crippen molar-refractivity contribution in [3.05, 3.63) is 53.6 Å². The molecule has 0 saturated carbocycles. The molecule has 0 bridgehead atoms. The highest BCUT2D eigenvalue weighted by molar-refractivity contribution is 5.85. The summed E-state index contributed by atoms with van der Waals surface area (Å²) < 4.78 is 53.9. The van der Waals surface area contributed by atoms with Crippen molar-refractivity contribution in [2.45, 2.75) is 31.7 Å². The van der Waals surface area contributed by atoms with E-state index in [9.17, 15) is 13.2 Å². The molecule has 0 radical (unpaired) electrons. The van der Waals surface area contributed by atoms with Gasteiger partial charge in [-0.3, -0.25) is 0 Å². The first-order chi connectivity index (χ1) is 12.3. The first-order valence-corrected chi connectivity index (χ1v) is 8.09. The van der Waals surface area contributed by atoms with Crippen molar-refractivity contribution in [3.8, 4) is 17.2 Å². The Kier molecular flexibility index (Phi) is 8.72. The Morgan fingerprint density at radius 3 is 2.11 bits per heavy atom. The molecule has 2 N–H and O–H groups in total. The Hall–Kier alpha value is -2.12. The van der Waals surface area contributed by atoms with Gasteiger partial charge in [0, 0.05) is 24.1 Å². The number of methoxy groups -OCH3 is 2. The monoisotopic (exact) mass is 405 g/mol. The average Bonchev–Trinajstić information content (AvgIpc) is 2.63. The van der Waals surface area contributed by atoms with Gasteiger partial charge in [0.05, 0.1) is 14.2 Å². The fraction of sp³-hybridized carbons (Fsp3) is 0.368. The number of benzene rings is 2. The number of halogens is 4. The fourth-order valence-electron chi connectivity index (χ4n) is 2.50. The first kappa shape index (κ1) is 22.9. The number of alkyl halides is 3. The molecule has 0 saturated heterocycles. The largest absolute Gasteiger partial charge is 0.493 e. The lowest BCUT2D eigenvalue weighted by Crippen LogP contribution is -2.17. The van der Waals surface area contributed by atoms with Crippen molar-refractivity contribution >= 4 is 12.4 Å². The Morgan fingerprint density at radius 2 is 1.56 bits per heavy atom. The third-order valence-corrected chi connectivity index (χ3v) is 3.89. The van der Waals surface area contributed by atoms with Crippen LogP contribution in [0, 0.1) is 0 Å². The molecular weight excluding hydrogens is 383 g/mol. The van der Waals surface area contributed by atoms with E-state index in [4.69, 9.17) is 19.9 Å². The second-order valence-electron chi connectivity index (χ2n) is 5.78. The normalized spacial score (nSPS) is 12.1. The number of hydrogen-bond donors (Lipinski definition) is 1. The van der Waals surface area contributed by atoms with Crippen LogP contribution in [-0.4, -0.2) is 20.4 Å². The molecule has 2 aromatic carbocycles. The predicted octanol–water partition coefficient (Wildman–Crippen LogP) is 5.05. The Balaban J connectivity index is 0.00000364. The molecule has 0 aliphatic carbocycles. The molecule has 0 spiro atoms. The Bertz CT molecular complexity index is 711. The second-order valence-corrected chi connectivity index (χ2v) is 5.78. The van der Waals surface area contributed by atoms with Crippen LogP contribution < -0.4 is 19.9 Å². The number of hydrogen-bond acceptors (Lipinski definition) is 4. The van der Waals surface area contributed by atoms with Gasteiger partial charge in [-0.1, -0.05) is 30.3 Å². The van der Waals surface area contributed by atoms with E-state index in [1.807, 2.05) is 30.3 Å². The minimum atomic E-state index is -4.26. The summed E-state index contributed by atoms with van der Waals surface area (Å²) in [6.07, 6.45) is -5.49. The summed E-state index contributed by atoms with van der Waals surface area (Å²) in [4.78, 5) is 0. The van der Waals surface area contributed by atoms with Crippen molar-refractivity contribution < 1.29 is 27.4 Å². The smallest absolute Gasteiger partial charge is 0.389 e. The highest BCUT2D eigenvalue weighted by atomic mass is 35.5. The van der Waals surface area contributed by atoms with Gasteiger partial charge in [-0.2, -0.15) is 13.2 Å². The van der Waals surface area contributed by atoms with E-state index in [-0.39, 0.29) is 25.4 Å². The van der Waals surface area contributed by atoms with Crippen LogP contribution in [0.4, 0.5) is 13.2 Å². The van der Waals surface area contributed by atoms with Crippen molar-refractivity contribution in [1.29, 1.82) is 0 Å². The summed E-state index contributed by atoms with van der Waals surface area (Å²) in [6.45, 7) is 0.259. The van der Waals surface area contributed by atoms with E-state index in [0.717, 1.165) is 5.56 Å². The van der Waals surface area contributed by atoms with Crippen LogP contribution in [0.2, 0.25) is 0 Å². The lowest BCUT2D eigenvalue weighted by molar-refractivity contribution is -0.136. The van der Waals surface area contributed by atoms with Gasteiger partial charge >= 0.3 is 6.18 Å². The summed E-state index contributed by atoms with van der Waals surface area (Å²) in [5.74, 6) is 1.18. The minimum absolute atomic E-state index is 0. The van der Waals surface area contributed by atoms with Gasteiger partial charge in [0.2, 0.25) is 0 Å². The van der Waals surface area contributed by atoms with Gasteiger partial charge in [-0.15, -0.1) is 12.4 Å². The number of nitrogens with two attached hydrogens (primary N) is 1. The lowest BCUT2D eigenvalue weighted by atomic mass is 10.0. The molecule has 2 aromatic rings. The highest BCUT2D eigenvalue weighted by Gasteiger charge is 2.29. The zero-order chi connectivity index (χ0) is 19.2. The molecule has 0 aliphatic heterocycles. The molecule has 0 heterocycles. The van der Waals surface area contributed by atoms with Gasteiger partial charge in [-0.05, 0) is 18.1 Å². The molecule has 0 aliphatic rings.